The molecule has 1 aliphatic heterocycles. The molecule has 3 rings (SSSR count). The number of benzene rings is 1. The van der Waals surface area contributed by atoms with Crippen molar-refractivity contribution in [3.63, 3.8) is 0 Å². The Labute approximate surface area is 170 Å². The lowest BCUT2D eigenvalue weighted by molar-refractivity contribution is -0.114. The predicted octanol–water partition coefficient (Wildman–Crippen LogP) is 2.96. The van der Waals surface area contributed by atoms with Gasteiger partial charge in [-0.15, -0.1) is 0 Å². The first-order valence-corrected chi connectivity index (χ1v) is 10.1. The van der Waals surface area contributed by atoms with Crippen LogP contribution >= 0.6 is 0 Å². The molecule has 8 heteroatoms. The van der Waals surface area contributed by atoms with Crippen molar-refractivity contribution in [1.29, 1.82) is 0 Å². The Morgan fingerprint density at radius 3 is 2.38 bits per heavy atom. The second kappa shape index (κ2) is 9.36. The Morgan fingerprint density at radius 2 is 1.72 bits per heavy atom. The van der Waals surface area contributed by atoms with Gasteiger partial charge in [0, 0.05) is 31.4 Å². The topological polar surface area (TPSA) is 105 Å². The molecular formula is C21H27N5O3. The molecule has 154 valence electrons. The van der Waals surface area contributed by atoms with Gasteiger partial charge in [0.15, 0.2) is 5.82 Å². The summed E-state index contributed by atoms with van der Waals surface area (Å²) in [6.07, 6.45) is 4.57. The summed E-state index contributed by atoms with van der Waals surface area (Å²) < 4.78 is 1.86. The zero-order valence-electron chi connectivity index (χ0n) is 16.9. The number of carbonyl (C=O) groups excluding carboxylic acids is 3. The molecular weight excluding hydrogens is 370 g/mol. The number of imidazole rings is 1. The van der Waals surface area contributed by atoms with Crippen molar-refractivity contribution >= 4 is 29.1 Å². The maximum absolute atomic E-state index is 12.8. The summed E-state index contributed by atoms with van der Waals surface area (Å²) in [4.78, 5) is 40.9. The molecule has 0 saturated heterocycles. The molecule has 1 aliphatic rings. The Morgan fingerprint density at radius 1 is 1.03 bits per heavy atom. The molecule has 3 N–H and O–H groups in total. The minimum atomic E-state index is -0.354. The van der Waals surface area contributed by atoms with Crippen molar-refractivity contribution in [3.05, 3.63) is 41.5 Å². The number of carbonyl (C=O) groups is 3. The molecule has 29 heavy (non-hydrogen) atoms. The average molecular weight is 397 g/mol. The van der Waals surface area contributed by atoms with Crippen LogP contribution in [0.25, 0.3) is 0 Å². The summed E-state index contributed by atoms with van der Waals surface area (Å²) in [7, 11) is 0. The molecule has 0 saturated carbocycles. The second-order valence-electron chi connectivity index (χ2n) is 7.16. The maximum Gasteiger partial charge on any atom is 0.291 e. The van der Waals surface area contributed by atoms with E-state index in [1.54, 1.807) is 24.3 Å². The fourth-order valence-corrected chi connectivity index (χ4v) is 3.39. The summed E-state index contributed by atoms with van der Waals surface area (Å²) in [5.74, 6) is -0.474. The van der Waals surface area contributed by atoms with E-state index in [-0.39, 0.29) is 23.5 Å². The van der Waals surface area contributed by atoms with Crippen LogP contribution in [0, 0.1) is 0 Å². The van der Waals surface area contributed by atoms with Gasteiger partial charge in [-0.1, -0.05) is 13.3 Å². The Bertz CT molecular complexity index is 902. The monoisotopic (exact) mass is 397 g/mol. The molecule has 8 nitrogen and oxygen atoms in total. The minimum Gasteiger partial charge on any atom is -0.351 e. The number of fused-ring (bicyclic) bond motifs is 1. The normalized spacial score (nSPS) is 12.8. The van der Waals surface area contributed by atoms with Crippen LogP contribution in [-0.2, 0) is 17.8 Å². The summed E-state index contributed by atoms with van der Waals surface area (Å²) in [6, 6.07) is 6.85. The molecule has 0 spiro atoms. The lowest BCUT2D eigenvalue weighted by Crippen LogP contribution is -2.26. The molecule has 0 unspecified atom stereocenters. The van der Waals surface area contributed by atoms with Crippen LogP contribution in [0.2, 0.25) is 0 Å². The van der Waals surface area contributed by atoms with Crippen LogP contribution in [0.1, 0.15) is 66.3 Å². The van der Waals surface area contributed by atoms with Crippen LogP contribution in [0.4, 0.5) is 11.4 Å². The number of aromatic nitrogens is 2. The molecule has 0 atom stereocenters. The third-order valence-corrected chi connectivity index (χ3v) is 4.82. The van der Waals surface area contributed by atoms with Crippen LogP contribution in [0.3, 0.4) is 0 Å². The molecule has 0 radical (unpaired) electrons. The van der Waals surface area contributed by atoms with Crippen molar-refractivity contribution in [1.82, 2.24) is 14.9 Å². The maximum atomic E-state index is 12.8. The van der Waals surface area contributed by atoms with E-state index in [4.69, 9.17) is 0 Å². The zero-order chi connectivity index (χ0) is 20.8. The van der Waals surface area contributed by atoms with Crippen molar-refractivity contribution in [2.75, 3.05) is 17.2 Å². The lowest BCUT2D eigenvalue weighted by atomic mass is 10.1. The second-order valence-corrected chi connectivity index (χ2v) is 7.16. The molecule has 0 bridgehead atoms. The first kappa shape index (κ1) is 20.6. The fourth-order valence-electron chi connectivity index (χ4n) is 3.39. The number of nitrogens with zero attached hydrogens (tertiary/aromatic N) is 2. The number of anilines is 2. The van der Waals surface area contributed by atoms with Gasteiger partial charge >= 0.3 is 0 Å². The highest BCUT2D eigenvalue weighted by Crippen LogP contribution is 2.22. The number of nitrogens with one attached hydrogen (secondary N) is 3. The minimum absolute atomic E-state index is 0.157. The number of hydrogen-bond acceptors (Lipinski definition) is 4. The number of rotatable bonds is 7. The Kier molecular flexibility index (Phi) is 6.64. The van der Waals surface area contributed by atoms with Crippen LogP contribution in [0.5, 0.6) is 0 Å². The zero-order valence-corrected chi connectivity index (χ0v) is 16.9. The fraction of sp³-hybridized carbons (Fsp3) is 0.429. The number of amides is 3. The van der Waals surface area contributed by atoms with Crippen molar-refractivity contribution in [2.45, 2.75) is 52.5 Å². The summed E-state index contributed by atoms with van der Waals surface area (Å²) in [6.45, 7) is 4.78. The molecule has 0 aliphatic carbocycles. The first-order chi connectivity index (χ1) is 14.0. The molecule has 3 amide bonds. The highest BCUT2D eigenvalue weighted by Gasteiger charge is 2.27. The third-order valence-electron chi connectivity index (χ3n) is 4.82. The van der Waals surface area contributed by atoms with Gasteiger partial charge in [-0.2, -0.15) is 0 Å². The molecule has 1 aromatic heterocycles. The lowest BCUT2D eigenvalue weighted by Gasteiger charge is -2.17. The van der Waals surface area contributed by atoms with Crippen LogP contribution in [-0.4, -0.2) is 33.8 Å². The van der Waals surface area contributed by atoms with Gasteiger partial charge in [-0.3, -0.25) is 14.4 Å². The van der Waals surface area contributed by atoms with E-state index < -0.39 is 0 Å². The van der Waals surface area contributed by atoms with Gasteiger partial charge in [-0.05, 0) is 49.9 Å². The average Bonchev–Trinajstić information content (AvgIpc) is 3.09. The van der Waals surface area contributed by atoms with E-state index in [9.17, 15) is 14.4 Å². The number of unbranched alkanes of at least 4 members (excludes halogenated alkanes) is 1. The molecule has 2 aromatic rings. The summed E-state index contributed by atoms with van der Waals surface area (Å²) in [5, 5.41) is 8.40. The number of hydrogen-bond donors (Lipinski definition) is 3. The Balaban J connectivity index is 1.77. The molecule has 1 aromatic carbocycles. The van der Waals surface area contributed by atoms with Gasteiger partial charge in [0.1, 0.15) is 5.69 Å². The predicted molar refractivity (Wildman–Crippen MR) is 111 cm³/mol. The van der Waals surface area contributed by atoms with Gasteiger partial charge < -0.3 is 20.5 Å². The SMILES string of the molecule is CCCCNC(=O)c1nc(C(=O)Nc2ccc(NC(C)=O)cc2)n2c1CCCC2. The quantitative estimate of drug-likeness (QED) is 0.625. The van der Waals surface area contributed by atoms with Crippen LogP contribution in [0.15, 0.2) is 24.3 Å². The van der Waals surface area contributed by atoms with Crippen molar-refractivity contribution in [2.24, 2.45) is 0 Å². The molecule has 2 heterocycles. The van der Waals surface area contributed by atoms with Gasteiger partial charge in [-0.25, -0.2) is 4.98 Å². The molecule has 0 fully saturated rings. The van der Waals surface area contributed by atoms with E-state index in [1.165, 1.54) is 6.92 Å². The van der Waals surface area contributed by atoms with Gasteiger partial charge in [0.05, 0.1) is 5.69 Å². The van der Waals surface area contributed by atoms with E-state index in [0.717, 1.165) is 37.8 Å². The van der Waals surface area contributed by atoms with Crippen molar-refractivity contribution in [3.8, 4) is 0 Å². The van der Waals surface area contributed by atoms with Crippen molar-refractivity contribution < 1.29 is 14.4 Å². The largest absolute Gasteiger partial charge is 0.351 e. The summed E-state index contributed by atoms with van der Waals surface area (Å²) >= 11 is 0. The standard InChI is InChI=1S/C21H27N5O3/c1-3-4-12-22-20(28)18-17-7-5-6-13-26(17)19(25-18)21(29)24-16-10-8-15(9-11-16)23-14(2)27/h8-11H,3-7,12-13H2,1-2H3,(H,22,28)(H,23,27)(H,24,29). The van der Waals surface area contributed by atoms with E-state index in [2.05, 4.69) is 27.9 Å². The van der Waals surface area contributed by atoms with E-state index in [0.29, 0.717) is 30.2 Å². The highest BCUT2D eigenvalue weighted by molar-refractivity contribution is 6.04. The van der Waals surface area contributed by atoms with Gasteiger partial charge in [0.25, 0.3) is 11.8 Å². The highest BCUT2D eigenvalue weighted by atomic mass is 16.2. The third kappa shape index (κ3) is 5.01. The Hall–Kier alpha value is -3.16. The van der Waals surface area contributed by atoms with Crippen LogP contribution < -0.4 is 16.0 Å². The van der Waals surface area contributed by atoms with E-state index in [1.807, 2.05) is 4.57 Å². The smallest absolute Gasteiger partial charge is 0.291 e. The summed E-state index contributed by atoms with van der Waals surface area (Å²) in [5.41, 5.74) is 2.43. The van der Waals surface area contributed by atoms with Gasteiger partial charge in [0.2, 0.25) is 5.91 Å². The first-order valence-electron chi connectivity index (χ1n) is 10.1. The van der Waals surface area contributed by atoms with E-state index >= 15 is 0 Å².